The van der Waals surface area contributed by atoms with Crippen LogP contribution in [-0.2, 0) is 4.74 Å². The molecule has 1 N–H and O–H groups in total. The van der Waals surface area contributed by atoms with E-state index in [4.69, 9.17) is 4.74 Å². The van der Waals surface area contributed by atoms with Crippen LogP contribution in [0.15, 0.2) is 16.6 Å². The Morgan fingerprint density at radius 1 is 1.48 bits per heavy atom. The molecule has 1 heterocycles. The monoisotopic (exact) mass is 389 g/mol. The first-order chi connectivity index (χ1) is 10.6. The van der Waals surface area contributed by atoms with E-state index in [9.17, 15) is 19.3 Å². The average molecular weight is 390 g/mol. The summed E-state index contributed by atoms with van der Waals surface area (Å²) in [7, 11) is 0. The van der Waals surface area contributed by atoms with Crippen LogP contribution in [0.4, 0.5) is 20.6 Å². The molecule has 9 heteroatoms. The molecule has 0 atom stereocenters. The third-order valence-electron chi connectivity index (χ3n) is 3.14. The van der Waals surface area contributed by atoms with Crippen molar-refractivity contribution in [1.29, 1.82) is 0 Å². The van der Waals surface area contributed by atoms with E-state index in [1.54, 1.807) is 20.8 Å². The van der Waals surface area contributed by atoms with Crippen LogP contribution in [0, 0.1) is 15.9 Å². The largest absolute Gasteiger partial charge is 0.444 e. The van der Waals surface area contributed by atoms with Crippen LogP contribution in [0.2, 0.25) is 0 Å². The molecule has 0 radical (unpaired) electrons. The highest BCUT2D eigenvalue weighted by Crippen LogP contribution is 2.33. The molecule has 1 amide bonds. The number of likely N-dealkylation sites (tertiary alicyclic amines) is 1. The zero-order valence-corrected chi connectivity index (χ0v) is 14.5. The summed E-state index contributed by atoms with van der Waals surface area (Å²) in [6, 6.07) is 2.64. The second-order valence-electron chi connectivity index (χ2n) is 6.24. The number of benzene rings is 1. The summed E-state index contributed by atoms with van der Waals surface area (Å²) in [6.45, 7) is 5.99. The standard InChI is InChI=1S/C14H17BrFN3O4/c1-14(2,3)23-13(20)18-6-8(7-18)17-10-5-4-9(15)11(16)12(10)19(21)22/h4-5,8,17H,6-7H2,1-3H3. The Morgan fingerprint density at radius 2 is 2.09 bits per heavy atom. The first-order valence-corrected chi connectivity index (χ1v) is 7.74. The number of rotatable bonds is 3. The van der Waals surface area contributed by atoms with Gasteiger partial charge in [-0.15, -0.1) is 0 Å². The Balaban J connectivity index is 2.00. The molecular formula is C14H17BrFN3O4. The van der Waals surface area contributed by atoms with Gasteiger partial charge in [0.25, 0.3) is 0 Å². The molecule has 126 valence electrons. The van der Waals surface area contributed by atoms with Crippen LogP contribution in [0.3, 0.4) is 0 Å². The maximum atomic E-state index is 13.9. The van der Waals surface area contributed by atoms with Crippen LogP contribution in [-0.4, -0.2) is 40.6 Å². The van der Waals surface area contributed by atoms with Crippen molar-refractivity contribution < 1.29 is 18.8 Å². The maximum absolute atomic E-state index is 13.9. The lowest BCUT2D eigenvalue weighted by molar-refractivity contribution is -0.386. The Bertz CT molecular complexity index is 642. The molecule has 7 nitrogen and oxygen atoms in total. The van der Waals surface area contributed by atoms with Gasteiger partial charge in [-0.1, -0.05) is 0 Å². The fourth-order valence-electron chi connectivity index (χ4n) is 2.10. The van der Waals surface area contributed by atoms with Crippen molar-refractivity contribution in [2.24, 2.45) is 0 Å². The molecule has 23 heavy (non-hydrogen) atoms. The SMILES string of the molecule is CC(C)(C)OC(=O)N1CC(Nc2ccc(Br)c(F)c2[N+](=O)[O-])C1. The van der Waals surface area contributed by atoms with E-state index in [1.807, 2.05) is 0 Å². The van der Waals surface area contributed by atoms with Crippen molar-refractivity contribution in [2.75, 3.05) is 18.4 Å². The van der Waals surface area contributed by atoms with Crippen LogP contribution < -0.4 is 5.32 Å². The molecule has 1 aromatic rings. The third kappa shape index (κ3) is 4.10. The van der Waals surface area contributed by atoms with Gasteiger partial charge in [0.05, 0.1) is 15.4 Å². The number of anilines is 1. The number of halogens is 2. The van der Waals surface area contributed by atoms with E-state index in [2.05, 4.69) is 21.2 Å². The molecule has 0 aliphatic carbocycles. The summed E-state index contributed by atoms with van der Waals surface area (Å²) in [5, 5.41) is 13.9. The fourth-order valence-corrected chi connectivity index (χ4v) is 2.42. The number of nitro benzene ring substituents is 1. The molecule has 0 unspecified atom stereocenters. The van der Waals surface area contributed by atoms with Gasteiger partial charge in [-0.05, 0) is 48.8 Å². The van der Waals surface area contributed by atoms with E-state index in [0.717, 1.165) is 0 Å². The number of carbonyl (C=O) groups is 1. The number of amides is 1. The highest BCUT2D eigenvalue weighted by Gasteiger charge is 2.35. The van der Waals surface area contributed by atoms with Crippen LogP contribution in [0.5, 0.6) is 0 Å². The Labute approximate surface area is 141 Å². The number of hydrogen-bond acceptors (Lipinski definition) is 5. The maximum Gasteiger partial charge on any atom is 0.410 e. The van der Waals surface area contributed by atoms with Crippen molar-refractivity contribution in [3.05, 3.63) is 32.5 Å². The van der Waals surface area contributed by atoms with E-state index >= 15 is 0 Å². The molecule has 0 spiro atoms. The highest BCUT2D eigenvalue weighted by atomic mass is 79.9. The van der Waals surface area contributed by atoms with Gasteiger partial charge in [-0.3, -0.25) is 10.1 Å². The first-order valence-electron chi connectivity index (χ1n) is 6.95. The lowest BCUT2D eigenvalue weighted by Gasteiger charge is -2.40. The minimum absolute atomic E-state index is 0.0266. The molecular weight excluding hydrogens is 373 g/mol. The van der Waals surface area contributed by atoms with Gasteiger partial charge < -0.3 is 15.0 Å². The number of hydrogen-bond donors (Lipinski definition) is 1. The zero-order valence-electron chi connectivity index (χ0n) is 12.9. The summed E-state index contributed by atoms with van der Waals surface area (Å²) in [5.74, 6) is -0.927. The van der Waals surface area contributed by atoms with Gasteiger partial charge in [-0.25, -0.2) is 4.79 Å². The molecule has 2 rings (SSSR count). The Morgan fingerprint density at radius 3 is 2.61 bits per heavy atom. The van der Waals surface area contributed by atoms with Crippen LogP contribution >= 0.6 is 15.9 Å². The topological polar surface area (TPSA) is 84.7 Å². The summed E-state index contributed by atoms with van der Waals surface area (Å²) < 4.78 is 19.1. The molecule has 0 saturated carbocycles. The Hall–Kier alpha value is -1.90. The van der Waals surface area contributed by atoms with Gasteiger partial charge in [0, 0.05) is 13.1 Å². The lowest BCUT2D eigenvalue weighted by atomic mass is 10.1. The number of nitrogens with one attached hydrogen (secondary N) is 1. The molecule has 1 fully saturated rings. The van der Waals surface area contributed by atoms with Gasteiger partial charge in [-0.2, -0.15) is 4.39 Å². The predicted octanol–water partition coefficient (Wildman–Crippen LogP) is 3.53. The van der Waals surface area contributed by atoms with Crippen molar-refractivity contribution in [1.82, 2.24) is 4.90 Å². The zero-order chi connectivity index (χ0) is 17.4. The van der Waals surface area contributed by atoms with Crippen LogP contribution in [0.25, 0.3) is 0 Å². The number of ether oxygens (including phenoxy) is 1. The fraction of sp³-hybridized carbons (Fsp3) is 0.500. The quantitative estimate of drug-likeness (QED) is 0.631. The number of nitrogens with zero attached hydrogens (tertiary/aromatic N) is 2. The third-order valence-corrected chi connectivity index (χ3v) is 3.76. The van der Waals surface area contributed by atoms with Gasteiger partial charge in [0.15, 0.2) is 0 Å². The molecule has 1 aliphatic rings. The average Bonchev–Trinajstić information content (AvgIpc) is 2.34. The van der Waals surface area contributed by atoms with Crippen molar-refractivity contribution >= 4 is 33.4 Å². The summed E-state index contributed by atoms with van der Waals surface area (Å²) in [5.41, 5.74) is -1.11. The van der Waals surface area contributed by atoms with Crippen LogP contribution in [0.1, 0.15) is 20.8 Å². The molecule has 0 bridgehead atoms. The van der Waals surface area contributed by atoms with Crippen molar-refractivity contribution in [2.45, 2.75) is 32.4 Å². The van der Waals surface area contributed by atoms with E-state index in [1.165, 1.54) is 17.0 Å². The van der Waals surface area contributed by atoms with Crippen molar-refractivity contribution in [3.8, 4) is 0 Å². The van der Waals surface area contributed by atoms with Crippen molar-refractivity contribution in [3.63, 3.8) is 0 Å². The normalized spacial score (nSPS) is 15.1. The van der Waals surface area contributed by atoms with E-state index in [0.29, 0.717) is 13.1 Å². The first kappa shape index (κ1) is 17.5. The number of nitro groups is 1. The highest BCUT2D eigenvalue weighted by molar-refractivity contribution is 9.10. The molecule has 0 aromatic heterocycles. The van der Waals surface area contributed by atoms with Gasteiger partial charge in [0.1, 0.15) is 11.3 Å². The minimum atomic E-state index is -0.927. The molecule has 1 aromatic carbocycles. The van der Waals surface area contributed by atoms with E-state index < -0.39 is 28.1 Å². The summed E-state index contributed by atoms with van der Waals surface area (Å²) >= 11 is 2.93. The molecule has 1 aliphatic heterocycles. The molecule has 1 saturated heterocycles. The number of carbonyl (C=O) groups excluding carboxylic acids is 1. The second kappa shape index (κ2) is 6.31. The summed E-state index contributed by atoms with van der Waals surface area (Å²) in [4.78, 5) is 23.6. The summed E-state index contributed by atoms with van der Waals surface area (Å²) in [6.07, 6.45) is -0.438. The Kier molecular flexibility index (Phi) is 4.79. The van der Waals surface area contributed by atoms with Gasteiger partial charge in [0.2, 0.25) is 5.82 Å². The minimum Gasteiger partial charge on any atom is -0.444 e. The van der Waals surface area contributed by atoms with E-state index in [-0.39, 0.29) is 16.2 Å². The predicted molar refractivity (Wildman–Crippen MR) is 86.0 cm³/mol. The lowest BCUT2D eigenvalue weighted by Crippen LogP contribution is -2.58. The smallest absolute Gasteiger partial charge is 0.410 e. The van der Waals surface area contributed by atoms with Gasteiger partial charge >= 0.3 is 11.8 Å². The second-order valence-corrected chi connectivity index (χ2v) is 7.10.